The zero-order valence-electron chi connectivity index (χ0n) is 11.9. The van der Waals surface area contributed by atoms with Crippen LogP contribution in [0.5, 0.6) is 0 Å². The van der Waals surface area contributed by atoms with Gasteiger partial charge in [-0.15, -0.1) is 0 Å². The van der Waals surface area contributed by atoms with Crippen molar-refractivity contribution in [3.8, 4) is 0 Å². The standard InChI is InChI=1S/C14H14BrF3N4/c1-8(2)19-13-21-11(14(16,17)18)7-12(22-13)20-10-5-3-4-9(15)6-10/h3-8H,1-2H3,(H2,19,20,21,22). The molecule has 1 aromatic heterocycles. The van der Waals surface area contributed by atoms with Crippen LogP contribution in [0.25, 0.3) is 0 Å². The summed E-state index contributed by atoms with van der Waals surface area (Å²) in [7, 11) is 0. The molecule has 4 nitrogen and oxygen atoms in total. The van der Waals surface area contributed by atoms with Crippen LogP contribution in [0.2, 0.25) is 0 Å². The molecule has 0 aliphatic rings. The van der Waals surface area contributed by atoms with Crippen molar-refractivity contribution in [2.45, 2.75) is 26.1 Å². The Morgan fingerprint density at radius 1 is 1.14 bits per heavy atom. The van der Waals surface area contributed by atoms with Crippen molar-refractivity contribution in [1.82, 2.24) is 9.97 Å². The van der Waals surface area contributed by atoms with E-state index in [0.717, 1.165) is 10.5 Å². The van der Waals surface area contributed by atoms with Crippen LogP contribution >= 0.6 is 15.9 Å². The van der Waals surface area contributed by atoms with E-state index in [4.69, 9.17) is 0 Å². The van der Waals surface area contributed by atoms with Gasteiger partial charge in [0.2, 0.25) is 5.95 Å². The summed E-state index contributed by atoms with van der Waals surface area (Å²) in [6, 6.07) is 7.86. The van der Waals surface area contributed by atoms with Gasteiger partial charge in [0.25, 0.3) is 0 Å². The fourth-order valence-electron chi connectivity index (χ4n) is 1.69. The Morgan fingerprint density at radius 3 is 2.45 bits per heavy atom. The first-order chi connectivity index (χ1) is 10.2. The van der Waals surface area contributed by atoms with Gasteiger partial charge in [0.1, 0.15) is 5.82 Å². The number of halogens is 4. The highest BCUT2D eigenvalue weighted by Gasteiger charge is 2.33. The Bertz CT molecular complexity index is 659. The van der Waals surface area contributed by atoms with Gasteiger partial charge in [0, 0.05) is 22.3 Å². The van der Waals surface area contributed by atoms with Crippen molar-refractivity contribution in [2.75, 3.05) is 10.6 Å². The number of nitrogens with one attached hydrogen (secondary N) is 2. The van der Waals surface area contributed by atoms with Crippen molar-refractivity contribution in [1.29, 1.82) is 0 Å². The predicted molar refractivity (Wildman–Crippen MR) is 83.2 cm³/mol. The molecule has 2 aromatic rings. The monoisotopic (exact) mass is 374 g/mol. The molecule has 1 heterocycles. The van der Waals surface area contributed by atoms with Crippen LogP contribution in [0, 0.1) is 0 Å². The average molecular weight is 375 g/mol. The highest BCUT2D eigenvalue weighted by atomic mass is 79.9. The summed E-state index contributed by atoms with van der Waals surface area (Å²) in [6.45, 7) is 3.59. The van der Waals surface area contributed by atoms with E-state index in [-0.39, 0.29) is 17.8 Å². The first kappa shape index (κ1) is 16.5. The zero-order valence-corrected chi connectivity index (χ0v) is 13.5. The summed E-state index contributed by atoms with van der Waals surface area (Å²) < 4.78 is 39.6. The van der Waals surface area contributed by atoms with Gasteiger partial charge in [-0.05, 0) is 32.0 Å². The minimum atomic E-state index is -4.54. The van der Waals surface area contributed by atoms with Gasteiger partial charge >= 0.3 is 6.18 Å². The van der Waals surface area contributed by atoms with E-state index in [1.165, 1.54) is 0 Å². The molecule has 0 fully saturated rings. The minimum Gasteiger partial charge on any atom is -0.352 e. The van der Waals surface area contributed by atoms with Crippen molar-refractivity contribution in [3.63, 3.8) is 0 Å². The van der Waals surface area contributed by atoms with Gasteiger partial charge in [-0.3, -0.25) is 0 Å². The number of hydrogen-bond acceptors (Lipinski definition) is 4. The molecule has 0 saturated carbocycles. The minimum absolute atomic E-state index is 0.0673. The maximum atomic E-state index is 12.9. The lowest BCUT2D eigenvalue weighted by atomic mass is 10.3. The van der Waals surface area contributed by atoms with E-state index < -0.39 is 11.9 Å². The van der Waals surface area contributed by atoms with Crippen LogP contribution in [0.15, 0.2) is 34.8 Å². The van der Waals surface area contributed by atoms with Gasteiger partial charge in [-0.1, -0.05) is 22.0 Å². The molecule has 0 aliphatic carbocycles. The SMILES string of the molecule is CC(C)Nc1nc(Nc2cccc(Br)c2)cc(C(F)(F)F)n1. The summed E-state index contributed by atoms with van der Waals surface area (Å²) in [5.74, 6) is 0.00546. The van der Waals surface area contributed by atoms with E-state index in [1.807, 2.05) is 6.07 Å². The molecule has 0 amide bonds. The van der Waals surface area contributed by atoms with E-state index in [2.05, 4.69) is 36.5 Å². The molecule has 0 aliphatic heterocycles. The van der Waals surface area contributed by atoms with Crippen LogP contribution < -0.4 is 10.6 Å². The number of benzene rings is 1. The number of aromatic nitrogens is 2. The van der Waals surface area contributed by atoms with Crippen LogP contribution in [0.4, 0.5) is 30.6 Å². The smallest absolute Gasteiger partial charge is 0.352 e. The number of alkyl halides is 3. The molecule has 0 atom stereocenters. The summed E-state index contributed by atoms with van der Waals surface area (Å²) in [5, 5.41) is 5.63. The molecule has 0 saturated heterocycles. The zero-order chi connectivity index (χ0) is 16.3. The molecule has 1 aromatic carbocycles. The first-order valence-electron chi connectivity index (χ1n) is 6.49. The quantitative estimate of drug-likeness (QED) is 0.805. The van der Waals surface area contributed by atoms with E-state index >= 15 is 0 Å². The number of rotatable bonds is 4. The van der Waals surface area contributed by atoms with Crippen LogP contribution in [0.3, 0.4) is 0 Å². The maximum Gasteiger partial charge on any atom is 0.433 e. The van der Waals surface area contributed by atoms with Crippen LogP contribution in [-0.2, 0) is 6.18 Å². The molecule has 2 rings (SSSR count). The Kier molecular flexibility index (Phi) is 4.90. The Morgan fingerprint density at radius 2 is 1.86 bits per heavy atom. The second kappa shape index (κ2) is 6.51. The van der Waals surface area contributed by atoms with Crippen molar-refractivity contribution in [2.24, 2.45) is 0 Å². The number of anilines is 3. The maximum absolute atomic E-state index is 12.9. The third kappa shape index (κ3) is 4.59. The predicted octanol–water partition coefficient (Wildman–Crippen LogP) is 4.82. The number of hydrogen-bond donors (Lipinski definition) is 2. The fraction of sp³-hybridized carbons (Fsp3) is 0.286. The molecule has 118 valence electrons. The van der Waals surface area contributed by atoms with Crippen molar-refractivity contribution < 1.29 is 13.2 Å². The lowest BCUT2D eigenvalue weighted by molar-refractivity contribution is -0.141. The summed E-state index contributed by atoms with van der Waals surface area (Å²) in [6.07, 6.45) is -4.54. The van der Waals surface area contributed by atoms with E-state index in [9.17, 15) is 13.2 Å². The molecule has 0 radical (unpaired) electrons. The second-order valence-electron chi connectivity index (χ2n) is 4.89. The lowest BCUT2D eigenvalue weighted by Crippen LogP contribution is -2.17. The fourth-order valence-corrected chi connectivity index (χ4v) is 2.09. The Labute approximate surface area is 134 Å². The molecule has 2 N–H and O–H groups in total. The molecule has 0 unspecified atom stereocenters. The van der Waals surface area contributed by atoms with Crippen LogP contribution in [0.1, 0.15) is 19.5 Å². The van der Waals surface area contributed by atoms with Crippen molar-refractivity contribution in [3.05, 3.63) is 40.5 Å². The van der Waals surface area contributed by atoms with Crippen molar-refractivity contribution >= 4 is 33.4 Å². The average Bonchev–Trinajstić information content (AvgIpc) is 2.36. The first-order valence-corrected chi connectivity index (χ1v) is 7.29. The van der Waals surface area contributed by atoms with Gasteiger partial charge < -0.3 is 10.6 Å². The summed E-state index contributed by atoms with van der Waals surface area (Å²) in [5.41, 5.74) is -0.375. The second-order valence-corrected chi connectivity index (χ2v) is 5.81. The molecular formula is C14H14BrF3N4. The highest BCUT2D eigenvalue weighted by molar-refractivity contribution is 9.10. The Hall–Kier alpha value is -1.83. The lowest BCUT2D eigenvalue weighted by Gasteiger charge is -2.14. The normalized spacial score (nSPS) is 11.6. The van der Waals surface area contributed by atoms with Gasteiger partial charge in [-0.25, -0.2) is 4.98 Å². The molecule has 22 heavy (non-hydrogen) atoms. The largest absolute Gasteiger partial charge is 0.433 e. The summed E-state index contributed by atoms with van der Waals surface area (Å²) in [4.78, 5) is 7.57. The topological polar surface area (TPSA) is 49.8 Å². The van der Waals surface area contributed by atoms with E-state index in [0.29, 0.717) is 5.69 Å². The Balaban J connectivity index is 2.37. The van der Waals surface area contributed by atoms with Gasteiger partial charge in [-0.2, -0.15) is 18.2 Å². The number of nitrogens with zero attached hydrogens (tertiary/aromatic N) is 2. The summed E-state index contributed by atoms with van der Waals surface area (Å²) >= 11 is 3.30. The van der Waals surface area contributed by atoms with E-state index in [1.54, 1.807) is 32.0 Å². The molecular weight excluding hydrogens is 361 g/mol. The van der Waals surface area contributed by atoms with Crippen LogP contribution in [-0.4, -0.2) is 16.0 Å². The van der Waals surface area contributed by atoms with Gasteiger partial charge in [0.05, 0.1) is 0 Å². The molecule has 8 heteroatoms. The van der Waals surface area contributed by atoms with Gasteiger partial charge in [0.15, 0.2) is 5.69 Å². The molecule has 0 bridgehead atoms. The molecule has 0 spiro atoms. The highest BCUT2D eigenvalue weighted by Crippen LogP contribution is 2.30. The third-order valence-electron chi connectivity index (χ3n) is 2.53. The third-order valence-corrected chi connectivity index (χ3v) is 3.02.